The monoisotopic (exact) mass is 289 g/mol. The Hall–Kier alpha value is -1.81. The average Bonchev–Trinajstić information content (AvgIpc) is 3.13. The summed E-state index contributed by atoms with van der Waals surface area (Å²) in [6, 6.07) is 6.29. The van der Waals surface area contributed by atoms with Gasteiger partial charge in [-0.15, -0.1) is 0 Å². The van der Waals surface area contributed by atoms with Gasteiger partial charge >= 0.3 is 0 Å². The lowest BCUT2D eigenvalue weighted by atomic mass is 10.1. The number of aryl methyl sites for hydroxylation is 2. The fraction of sp³-hybridized carbons (Fsp3) is 0.333. The molecule has 4 nitrogen and oxygen atoms in total. The molecule has 1 aliphatic rings. The zero-order valence-corrected chi connectivity index (χ0v) is 12.2. The highest BCUT2D eigenvalue weighted by Gasteiger charge is 2.26. The molecular formula is C15H16ClN3O. The minimum atomic E-state index is -0.146. The van der Waals surface area contributed by atoms with Crippen molar-refractivity contribution in [2.75, 3.05) is 0 Å². The summed E-state index contributed by atoms with van der Waals surface area (Å²) in [5, 5.41) is 7.50. The van der Waals surface area contributed by atoms with E-state index in [9.17, 15) is 4.79 Å². The van der Waals surface area contributed by atoms with Crippen LogP contribution in [-0.2, 0) is 0 Å². The topological polar surface area (TPSA) is 46.9 Å². The van der Waals surface area contributed by atoms with Crippen LogP contribution < -0.4 is 5.32 Å². The Morgan fingerprint density at radius 1 is 1.35 bits per heavy atom. The van der Waals surface area contributed by atoms with E-state index in [4.69, 9.17) is 11.6 Å². The third-order valence-electron chi connectivity index (χ3n) is 3.60. The Bertz CT molecular complexity index is 674. The minimum absolute atomic E-state index is 0.146. The first-order valence-electron chi connectivity index (χ1n) is 6.68. The first-order valence-corrected chi connectivity index (χ1v) is 7.06. The van der Waals surface area contributed by atoms with E-state index in [-0.39, 0.29) is 5.91 Å². The summed E-state index contributed by atoms with van der Waals surface area (Å²) in [6.45, 7) is 4.09. The van der Waals surface area contributed by atoms with Gasteiger partial charge in [-0.05, 0) is 49.9 Å². The van der Waals surface area contributed by atoms with Crippen LogP contribution in [0.5, 0.6) is 0 Å². The molecule has 1 aromatic carbocycles. The number of hydrogen-bond acceptors (Lipinski definition) is 2. The normalized spacial score (nSPS) is 14.3. The highest BCUT2D eigenvalue weighted by atomic mass is 35.5. The number of carbonyl (C=O) groups excluding carboxylic acids is 1. The molecule has 0 unspecified atom stereocenters. The molecule has 1 fully saturated rings. The van der Waals surface area contributed by atoms with Crippen LogP contribution in [0.3, 0.4) is 0 Å². The molecule has 104 valence electrons. The highest BCUT2D eigenvalue weighted by molar-refractivity contribution is 6.33. The van der Waals surface area contributed by atoms with Gasteiger partial charge in [-0.3, -0.25) is 4.79 Å². The van der Waals surface area contributed by atoms with Crippen molar-refractivity contribution >= 4 is 17.5 Å². The third kappa shape index (κ3) is 2.43. The maximum Gasteiger partial charge on any atom is 0.256 e. The number of amides is 1. The smallest absolute Gasteiger partial charge is 0.256 e. The summed E-state index contributed by atoms with van der Waals surface area (Å²) >= 11 is 6.29. The van der Waals surface area contributed by atoms with Crippen LogP contribution in [0.2, 0.25) is 5.15 Å². The molecule has 1 aromatic heterocycles. The molecule has 0 spiro atoms. The first kappa shape index (κ1) is 13.2. The van der Waals surface area contributed by atoms with Gasteiger partial charge in [-0.2, -0.15) is 5.10 Å². The molecule has 1 N–H and O–H groups in total. The van der Waals surface area contributed by atoms with Crippen LogP contribution in [0.25, 0.3) is 5.69 Å². The Morgan fingerprint density at radius 2 is 2.10 bits per heavy atom. The number of hydrogen-bond donors (Lipinski definition) is 1. The van der Waals surface area contributed by atoms with Crippen molar-refractivity contribution in [2.45, 2.75) is 32.7 Å². The zero-order valence-electron chi connectivity index (χ0n) is 11.5. The first-order chi connectivity index (χ1) is 9.56. The molecule has 0 saturated heterocycles. The molecule has 1 aliphatic carbocycles. The number of benzene rings is 1. The standard InChI is InChI=1S/C15H16ClN3O/c1-9-3-6-12(7-10(9)2)19-14(16)13(8-17-19)15(20)18-11-4-5-11/h3,6-8,11H,4-5H2,1-2H3,(H,18,20). The molecule has 0 atom stereocenters. The number of halogens is 1. The Labute approximate surface area is 122 Å². The van der Waals surface area contributed by atoms with E-state index in [0.717, 1.165) is 24.1 Å². The van der Waals surface area contributed by atoms with Crippen LogP contribution >= 0.6 is 11.6 Å². The second-order valence-electron chi connectivity index (χ2n) is 5.28. The van der Waals surface area contributed by atoms with Gasteiger partial charge in [0, 0.05) is 6.04 Å². The van der Waals surface area contributed by atoms with Crippen molar-refractivity contribution in [1.82, 2.24) is 15.1 Å². The fourth-order valence-electron chi connectivity index (χ4n) is 2.01. The van der Waals surface area contributed by atoms with Gasteiger partial charge in [0.05, 0.1) is 17.4 Å². The lowest BCUT2D eigenvalue weighted by molar-refractivity contribution is 0.0951. The molecule has 0 bridgehead atoms. The van der Waals surface area contributed by atoms with Crippen LogP contribution in [0, 0.1) is 13.8 Å². The second-order valence-corrected chi connectivity index (χ2v) is 5.64. The van der Waals surface area contributed by atoms with Crippen LogP contribution in [-0.4, -0.2) is 21.7 Å². The van der Waals surface area contributed by atoms with Crippen molar-refractivity contribution in [2.24, 2.45) is 0 Å². The van der Waals surface area contributed by atoms with E-state index < -0.39 is 0 Å². The second kappa shape index (κ2) is 4.94. The summed E-state index contributed by atoms with van der Waals surface area (Å²) in [6.07, 6.45) is 3.62. The largest absolute Gasteiger partial charge is 0.349 e. The number of nitrogens with one attached hydrogen (secondary N) is 1. The van der Waals surface area contributed by atoms with Crippen molar-refractivity contribution < 1.29 is 4.79 Å². The molecule has 3 rings (SSSR count). The predicted octanol–water partition coefficient (Wildman–Crippen LogP) is 3.03. The average molecular weight is 290 g/mol. The highest BCUT2D eigenvalue weighted by Crippen LogP contribution is 2.24. The molecule has 2 aromatic rings. The Balaban J connectivity index is 1.92. The SMILES string of the molecule is Cc1ccc(-n2ncc(C(=O)NC3CC3)c2Cl)cc1C. The summed E-state index contributed by atoms with van der Waals surface area (Å²) in [7, 11) is 0. The third-order valence-corrected chi connectivity index (χ3v) is 3.97. The molecule has 0 radical (unpaired) electrons. The van der Waals surface area contributed by atoms with Crippen molar-refractivity contribution in [1.29, 1.82) is 0 Å². The van der Waals surface area contributed by atoms with E-state index in [1.807, 2.05) is 25.1 Å². The van der Waals surface area contributed by atoms with Gasteiger partial charge in [-0.1, -0.05) is 17.7 Å². The zero-order chi connectivity index (χ0) is 14.3. The van der Waals surface area contributed by atoms with Crippen LogP contribution in [0.15, 0.2) is 24.4 Å². The maximum atomic E-state index is 12.0. The van der Waals surface area contributed by atoms with E-state index in [0.29, 0.717) is 16.8 Å². The van der Waals surface area contributed by atoms with E-state index in [2.05, 4.69) is 17.3 Å². The Morgan fingerprint density at radius 3 is 2.75 bits per heavy atom. The molecule has 5 heteroatoms. The van der Waals surface area contributed by atoms with Gasteiger partial charge in [0.25, 0.3) is 5.91 Å². The Kier molecular flexibility index (Phi) is 3.26. The molecule has 0 aliphatic heterocycles. The van der Waals surface area contributed by atoms with Crippen LogP contribution in [0.1, 0.15) is 34.3 Å². The minimum Gasteiger partial charge on any atom is -0.349 e. The van der Waals surface area contributed by atoms with Gasteiger partial charge in [0.1, 0.15) is 5.15 Å². The van der Waals surface area contributed by atoms with Gasteiger partial charge < -0.3 is 5.32 Å². The molecule has 1 heterocycles. The van der Waals surface area contributed by atoms with E-state index >= 15 is 0 Å². The molecular weight excluding hydrogens is 274 g/mol. The van der Waals surface area contributed by atoms with E-state index in [1.165, 1.54) is 11.8 Å². The summed E-state index contributed by atoms with van der Waals surface area (Å²) in [4.78, 5) is 12.0. The molecule has 1 amide bonds. The fourth-order valence-corrected chi connectivity index (χ4v) is 2.29. The van der Waals surface area contributed by atoms with Crippen molar-refractivity contribution in [3.63, 3.8) is 0 Å². The lowest BCUT2D eigenvalue weighted by Crippen LogP contribution is -2.25. The quantitative estimate of drug-likeness (QED) is 0.944. The van der Waals surface area contributed by atoms with Crippen molar-refractivity contribution in [3.05, 3.63) is 46.2 Å². The molecule has 20 heavy (non-hydrogen) atoms. The number of carbonyl (C=O) groups is 1. The van der Waals surface area contributed by atoms with Crippen molar-refractivity contribution in [3.8, 4) is 5.69 Å². The predicted molar refractivity (Wildman–Crippen MR) is 78.5 cm³/mol. The summed E-state index contributed by atoms with van der Waals surface area (Å²) in [5.41, 5.74) is 3.67. The lowest BCUT2D eigenvalue weighted by Gasteiger charge is -2.07. The number of nitrogens with zero attached hydrogens (tertiary/aromatic N) is 2. The molecule has 1 saturated carbocycles. The number of aromatic nitrogens is 2. The summed E-state index contributed by atoms with van der Waals surface area (Å²) in [5.74, 6) is -0.146. The maximum absolute atomic E-state index is 12.0. The van der Waals surface area contributed by atoms with E-state index in [1.54, 1.807) is 4.68 Å². The summed E-state index contributed by atoms with van der Waals surface area (Å²) < 4.78 is 1.59. The van der Waals surface area contributed by atoms with Gasteiger partial charge in [0.15, 0.2) is 0 Å². The van der Waals surface area contributed by atoms with Gasteiger partial charge in [0.2, 0.25) is 0 Å². The number of rotatable bonds is 3. The van der Waals surface area contributed by atoms with Crippen LogP contribution in [0.4, 0.5) is 0 Å². The van der Waals surface area contributed by atoms with Gasteiger partial charge in [-0.25, -0.2) is 4.68 Å².